The van der Waals surface area contributed by atoms with E-state index in [1.165, 1.54) is 5.69 Å². The van der Waals surface area contributed by atoms with Gasteiger partial charge in [-0.05, 0) is 36.8 Å². The summed E-state index contributed by atoms with van der Waals surface area (Å²) in [5.74, 6) is 0. The molecule has 0 atom stereocenters. The third kappa shape index (κ3) is 3.21. The third-order valence-corrected chi connectivity index (χ3v) is 3.33. The van der Waals surface area contributed by atoms with Gasteiger partial charge >= 0.3 is 0 Å². The Morgan fingerprint density at radius 1 is 1.22 bits per heavy atom. The normalized spacial score (nSPS) is 10.6. The van der Waals surface area contributed by atoms with Crippen LogP contribution < -0.4 is 5.32 Å². The summed E-state index contributed by atoms with van der Waals surface area (Å²) < 4.78 is 2.25. The molecule has 2 nitrogen and oxygen atoms in total. The molecule has 0 spiro atoms. The van der Waals surface area contributed by atoms with Crippen LogP contribution in [0.4, 0.5) is 5.69 Å². The van der Waals surface area contributed by atoms with Crippen molar-refractivity contribution in [3.8, 4) is 0 Å². The SMILES string of the molecule is CCCn1cccc1CNc1ccc(Cl)cc1Cl. The number of nitrogens with one attached hydrogen (secondary N) is 1. The molecule has 1 aromatic carbocycles. The second-order valence-electron chi connectivity index (χ2n) is 4.17. The maximum atomic E-state index is 6.12. The number of halogens is 2. The number of benzene rings is 1. The minimum atomic E-state index is 0.649. The van der Waals surface area contributed by atoms with Gasteiger partial charge in [-0.1, -0.05) is 30.1 Å². The Morgan fingerprint density at radius 2 is 2.06 bits per heavy atom. The second-order valence-corrected chi connectivity index (χ2v) is 5.01. The van der Waals surface area contributed by atoms with Crippen LogP contribution in [-0.2, 0) is 13.1 Å². The van der Waals surface area contributed by atoms with Gasteiger partial charge in [0.2, 0.25) is 0 Å². The summed E-state index contributed by atoms with van der Waals surface area (Å²) in [6.07, 6.45) is 3.23. The molecule has 4 heteroatoms. The zero-order valence-electron chi connectivity index (χ0n) is 10.3. The van der Waals surface area contributed by atoms with Crippen LogP contribution in [0.2, 0.25) is 10.0 Å². The van der Waals surface area contributed by atoms with Crippen LogP contribution >= 0.6 is 23.2 Å². The van der Waals surface area contributed by atoms with E-state index in [9.17, 15) is 0 Å². The molecule has 0 aliphatic rings. The highest BCUT2D eigenvalue weighted by Gasteiger charge is 2.03. The van der Waals surface area contributed by atoms with Crippen LogP contribution in [0.25, 0.3) is 0 Å². The van der Waals surface area contributed by atoms with Crippen LogP contribution in [0.5, 0.6) is 0 Å². The number of rotatable bonds is 5. The minimum absolute atomic E-state index is 0.649. The standard InChI is InChI=1S/C14H16Cl2N2/c1-2-7-18-8-3-4-12(18)10-17-14-6-5-11(15)9-13(14)16/h3-6,8-9,17H,2,7,10H2,1H3. The lowest BCUT2D eigenvalue weighted by atomic mass is 10.3. The molecule has 0 saturated heterocycles. The fraction of sp³-hybridized carbons (Fsp3) is 0.286. The van der Waals surface area contributed by atoms with Crippen LogP contribution in [0.1, 0.15) is 19.0 Å². The quantitative estimate of drug-likeness (QED) is 0.832. The van der Waals surface area contributed by atoms with Gasteiger partial charge in [0.15, 0.2) is 0 Å². The highest BCUT2D eigenvalue weighted by atomic mass is 35.5. The molecule has 1 heterocycles. The minimum Gasteiger partial charge on any atom is -0.378 e. The van der Waals surface area contributed by atoms with Crippen LogP contribution in [0, 0.1) is 0 Å². The van der Waals surface area contributed by atoms with Crippen LogP contribution in [-0.4, -0.2) is 4.57 Å². The van der Waals surface area contributed by atoms with E-state index in [1.54, 1.807) is 6.07 Å². The molecule has 96 valence electrons. The Labute approximate surface area is 118 Å². The maximum Gasteiger partial charge on any atom is 0.0652 e. The summed E-state index contributed by atoms with van der Waals surface area (Å²) in [4.78, 5) is 0. The summed E-state index contributed by atoms with van der Waals surface area (Å²) in [6.45, 7) is 3.97. The lowest BCUT2D eigenvalue weighted by Gasteiger charge is -2.11. The average molecular weight is 283 g/mol. The number of hydrogen-bond acceptors (Lipinski definition) is 1. The van der Waals surface area contributed by atoms with Gasteiger partial charge in [-0.15, -0.1) is 0 Å². The van der Waals surface area contributed by atoms with E-state index in [1.807, 2.05) is 12.1 Å². The molecule has 2 rings (SSSR count). The largest absolute Gasteiger partial charge is 0.378 e. The summed E-state index contributed by atoms with van der Waals surface area (Å²) in [7, 11) is 0. The van der Waals surface area contributed by atoms with Gasteiger partial charge in [0, 0.05) is 23.5 Å². The number of hydrogen-bond donors (Lipinski definition) is 1. The lowest BCUT2D eigenvalue weighted by molar-refractivity contribution is 0.654. The fourth-order valence-electron chi connectivity index (χ4n) is 1.89. The molecule has 0 amide bonds. The number of nitrogens with zero attached hydrogens (tertiary/aromatic N) is 1. The summed E-state index contributed by atoms with van der Waals surface area (Å²) in [5, 5.41) is 4.63. The highest BCUT2D eigenvalue weighted by molar-refractivity contribution is 6.36. The molecule has 0 radical (unpaired) electrons. The van der Waals surface area contributed by atoms with Gasteiger partial charge in [0.25, 0.3) is 0 Å². The predicted molar refractivity (Wildman–Crippen MR) is 78.5 cm³/mol. The van der Waals surface area contributed by atoms with E-state index >= 15 is 0 Å². The van der Waals surface area contributed by atoms with Gasteiger partial charge in [-0.3, -0.25) is 0 Å². The maximum absolute atomic E-state index is 6.12. The summed E-state index contributed by atoms with van der Waals surface area (Å²) in [5.41, 5.74) is 2.16. The molecule has 0 unspecified atom stereocenters. The molecule has 1 N–H and O–H groups in total. The molecule has 18 heavy (non-hydrogen) atoms. The van der Waals surface area contributed by atoms with Gasteiger partial charge in [0.1, 0.15) is 0 Å². The summed E-state index contributed by atoms with van der Waals surface area (Å²) >= 11 is 12.0. The van der Waals surface area contributed by atoms with Gasteiger partial charge in [-0.2, -0.15) is 0 Å². The monoisotopic (exact) mass is 282 g/mol. The second kappa shape index (κ2) is 6.17. The first-order valence-corrected chi connectivity index (χ1v) is 6.79. The Morgan fingerprint density at radius 3 is 2.78 bits per heavy atom. The molecule has 2 aromatic rings. The zero-order valence-corrected chi connectivity index (χ0v) is 11.8. The van der Waals surface area contributed by atoms with E-state index in [2.05, 4.69) is 35.1 Å². The topological polar surface area (TPSA) is 17.0 Å². The Hall–Kier alpha value is -1.12. The Kier molecular flexibility index (Phi) is 4.56. The van der Waals surface area contributed by atoms with Crippen molar-refractivity contribution in [2.75, 3.05) is 5.32 Å². The first-order chi connectivity index (χ1) is 8.70. The van der Waals surface area contributed by atoms with Gasteiger partial charge < -0.3 is 9.88 Å². The third-order valence-electron chi connectivity index (χ3n) is 2.78. The molecular weight excluding hydrogens is 267 g/mol. The van der Waals surface area contributed by atoms with Gasteiger partial charge in [0.05, 0.1) is 17.3 Å². The van der Waals surface area contributed by atoms with Crippen molar-refractivity contribution in [1.82, 2.24) is 4.57 Å². The average Bonchev–Trinajstić information content (AvgIpc) is 2.76. The number of anilines is 1. The fourth-order valence-corrected chi connectivity index (χ4v) is 2.36. The predicted octanol–water partition coefficient (Wildman–Crippen LogP) is 4.82. The molecule has 0 saturated carbocycles. The Bertz CT molecular complexity index is 520. The molecule has 0 bridgehead atoms. The van der Waals surface area contributed by atoms with Crippen molar-refractivity contribution in [3.05, 3.63) is 52.3 Å². The van der Waals surface area contributed by atoms with E-state index in [-0.39, 0.29) is 0 Å². The van der Waals surface area contributed by atoms with Crippen molar-refractivity contribution >= 4 is 28.9 Å². The van der Waals surface area contributed by atoms with E-state index < -0.39 is 0 Å². The summed E-state index contributed by atoms with van der Waals surface area (Å²) in [6, 6.07) is 9.66. The van der Waals surface area contributed by atoms with Gasteiger partial charge in [-0.25, -0.2) is 0 Å². The smallest absolute Gasteiger partial charge is 0.0652 e. The van der Waals surface area contributed by atoms with Crippen molar-refractivity contribution in [2.24, 2.45) is 0 Å². The molecule has 0 aliphatic heterocycles. The highest BCUT2D eigenvalue weighted by Crippen LogP contribution is 2.25. The van der Waals surface area contributed by atoms with Crippen molar-refractivity contribution in [3.63, 3.8) is 0 Å². The first kappa shape index (κ1) is 13.3. The van der Waals surface area contributed by atoms with E-state index in [4.69, 9.17) is 23.2 Å². The van der Waals surface area contributed by atoms with E-state index in [0.717, 1.165) is 25.2 Å². The van der Waals surface area contributed by atoms with Crippen LogP contribution in [0.3, 0.4) is 0 Å². The number of aromatic nitrogens is 1. The van der Waals surface area contributed by atoms with Crippen molar-refractivity contribution in [2.45, 2.75) is 26.4 Å². The molecular formula is C14H16Cl2N2. The zero-order chi connectivity index (χ0) is 13.0. The molecule has 1 aromatic heterocycles. The van der Waals surface area contributed by atoms with Crippen molar-refractivity contribution in [1.29, 1.82) is 0 Å². The molecule has 0 fully saturated rings. The van der Waals surface area contributed by atoms with E-state index in [0.29, 0.717) is 10.0 Å². The first-order valence-electron chi connectivity index (χ1n) is 6.03. The van der Waals surface area contributed by atoms with Crippen molar-refractivity contribution < 1.29 is 0 Å². The molecule has 0 aliphatic carbocycles. The Balaban J connectivity index is 2.04. The lowest BCUT2D eigenvalue weighted by Crippen LogP contribution is -2.07. The number of aryl methyl sites for hydroxylation is 1. The van der Waals surface area contributed by atoms with Crippen LogP contribution in [0.15, 0.2) is 36.5 Å².